The van der Waals surface area contributed by atoms with Crippen LogP contribution in [-0.4, -0.2) is 40.5 Å². The Labute approximate surface area is 147 Å². The molecule has 0 bridgehead atoms. The van der Waals surface area contributed by atoms with Crippen LogP contribution in [-0.2, 0) is 15.7 Å². The van der Waals surface area contributed by atoms with E-state index in [1.54, 1.807) is 12.1 Å². The third-order valence-corrected chi connectivity index (χ3v) is 6.66. The first kappa shape index (κ1) is 17.2. The average molecular weight is 369 g/mol. The quantitative estimate of drug-likeness (QED) is 0.665. The van der Waals surface area contributed by atoms with Gasteiger partial charge in [0.25, 0.3) is 10.8 Å². The first-order chi connectivity index (χ1) is 11.5. The summed E-state index contributed by atoms with van der Waals surface area (Å²) in [6.45, 7) is 3.46. The van der Waals surface area contributed by atoms with Gasteiger partial charge in [-0.25, -0.2) is 4.79 Å². The molecule has 3 rings (SSSR count). The van der Waals surface area contributed by atoms with Crippen LogP contribution in [0.2, 0.25) is 5.02 Å². The Hall–Kier alpha value is -1.66. The van der Waals surface area contributed by atoms with E-state index in [9.17, 15) is 14.7 Å². The van der Waals surface area contributed by atoms with Gasteiger partial charge in [-0.15, -0.1) is 0 Å². The maximum Gasteiger partial charge on any atom is 0.396 e. The molecule has 1 aliphatic rings. The van der Waals surface area contributed by atoms with Gasteiger partial charge in [-0.3, -0.25) is 4.79 Å². The lowest BCUT2D eigenvalue weighted by Gasteiger charge is -2.15. The molecule has 7 heteroatoms. The predicted molar refractivity (Wildman–Crippen MR) is 96.0 cm³/mol. The van der Waals surface area contributed by atoms with Gasteiger partial charge in [0.1, 0.15) is 11.3 Å². The van der Waals surface area contributed by atoms with E-state index in [1.165, 1.54) is 6.07 Å². The van der Waals surface area contributed by atoms with Crippen molar-refractivity contribution in [3.63, 3.8) is 0 Å². The summed E-state index contributed by atoms with van der Waals surface area (Å²) >= 11 is 5.90. The summed E-state index contributed by atoms with van der Waals surface area (Å²) in [5.74, 6) is 0.760. The number of hydrogen-bond donors (Lipinski definition) is 1. The fourth-order valence-corrected chi connectivity index (χ4v) is 4.86. The smallest absolute Gasteiger partial charge is 0.396 e. The summed E-state index contributed by atoms with van der Waals surface area (Å²) < 4.78 is 5.33. The minimum absolute atomic E-state index is 0.0349. The zero-order valence-corrected chi connectivity index (χ0v) is 15.0. The van der Waals surface area contributed by atoms with Crippen LogP contribution in [0, 0.1) is 0 Å². The molecule has 24 heavy (non-hydrogen) atoms. The highest BCUT2D eigenvalue weighted by Crippen LogP contribution is 2.32. The number of benzene rings is 1. The molecule has 1 amide bonds. The Balaban J connectivity index is 1.97. The zero-order valence-electron chi connectivity index (χ0n) is 13.4. The van der Waals surface area contributed by atoms with E-state index < -0.39 is 16.5 Å². The lowest BCUT2D eigenvalue weighted by atomic mass is 10.2. The fourth-order valence-electron chi connectivity index (χ4n) is 2.92. The van der Waals surface area contributed by atoms with Gasteiger partial charge in [0.15, 0.2) is 11.5 Å². The Morgan fingerprint density at radius 2 is 2.08 bits per heavy atom. The summed E-state index contributed by atoms with van der Waals surface area (Å²) in [6, 6.07) is 4.76. The van der Waals surface area contributed by atoms with E-state index in [4.69, 9.17) is 16.0 Å². The number of hydrogen-bond acceptors (Lipinski definition) is 4. The standard InChI is InChI=1S/C17H18ClNO4S/c1-2-24(10-14(20)19-7-3-4-8-19)16-15(21)12-6-5-11(18)9-13(12)23-17(16)22/h5-6,9H,2-4,7-8,10H2,1H3/p+1. The van der Waals surface area contributed by atoms with Gasteiger partial charge < -0.3 is 14.4 Å². The number of likely N-dealkylation sites (tertiary alicyclic amines) is 1. The third kappa shape index (κ3) is 3.26. The number of halogens is 1. The normalized spacial score (nSPS) is 15.8. The highest BCUT2D eigenvalue weighted by atomic mass is 35.5. The van der Waals surface area contributed by atoms with Crippen molar-refractivity contribution in [3.8, 4) is 5.75 Å². The van der Waals surface area contributed by atoms with Crippen LogP contribution in [0.5, 0.6) is 5.75 Å². The summed E-state index contributed by atoms with van der Waals surface area (Å²) in [6.07, 6.45) is 2.05. The predicted octanol–water partition coefficient (Wildman–Crippen LogP) is 2.77. The Bertz CT molecular complexity index is 829. The van der Waals surface area contributed by atoms with Crippen LogP contribution in [0.1, 0.15) is 19.8 Å². The van der Waals surface area contributed by atoms with E-state index in [1.807, 2.05) is 11.8 Å². The first-order valence-electron chi connectivity index (χ1n) is 7.92. The Kier molecular flexibility index (Phi) is 5.06. The van der Waals surface area contributed by atoms with Crippen molar-refractivity contribution in [2.75, 3.05) is 24.6 Å². The van der Waals surface area contributed by atoms with E-state index in [-0.39, 0.29) is 27.9 Å². The fraction of sp³-hybridized carbons (Fsp3) is 0.412. The van der Waals surface area contributed by atoms with Crippen molar-refractivity contribution in [2.24, 2.45) is 0 Å². The molecule has 2 heterocycles. The molecule has 0 aliphatic carbocycles. The molecule has 1 aliphatic heterocycles. The SMILES string of the molecule is CC[S+](CC(=O)N1CCCC1)c1c(O)c2ccc(Cl)cc2oc1=O. The molecule has 1 fully saturated rings. The van der Waals surface area contributed by atoms with E-state index >= 15 is 0 Å². The molecule has 0 spiro atoms. The highest BCUT2D eigenvalue weighted by molar-refractivity contribution is 7.97. The van der Waals surface area contributed by atoms with Crippen LogP contribution >= 0.6 is 11.6 Å². The van der Waals surface area contributed by atoms with Crippen LogP contribution in [0.3, 0.4) is 0 Å². The molecule has 0 saturated carbocycles. The summed E-state index contributed by atoms with van der Waals surface area (Å²) in [4.78, 5) is 26.8. The summed E-state index contributed by atoms with van der Waals surface area (Å²) in [5, 5.41) is 11.4. The Morgan fingerprint density at radius 3 is 2.75 bits per heavy atom. The highest BCUT2D eigenvalue weighted by Gasteiger charge is 2.35. The summed E-state index contributed by atoms with van der Waals surface area (Å²) in [5.41, 5.74) is -0.346. The molecule has 0 radical (unpaired) electrons. The minimum atomic E-state index is -0.686. The van der Waals surface area contributed by atoms with Gasteiger partial charge in [0.2, 0.25) is 0 Å². The number of fused-ring (bicyclic) bond motifs is 1. The van der Waals surface area contributed by atoms with Crippen LogP contribution in [0.4, 0.5) is 0 Å². The van der Waals surface area contributed by atoms with Crippen LogP contribution in [0.15, 0.2) is 32.3 Å². The number of nitrogens with zero attached hydrogens (tertiary/aromatic N) is 1. The molecule has 128 valence electrons. The van der Waals surface area contributed by atoms with Crippen molar-refractivity contribution in [3.05, 3.63) is 33.6 Å². The molecule has 1 aromatic heterocycles. The third-order valence-electron chi connectivity index (χ3n) is 4.20. The second-order valence-electron chi connectivity index (χ2n) is 5.72. The van der Waals surface area contributed by atoms with Crippen molar-refractivity contribution < 1.29 is 14.3 Å². The molecule has 1 N–H and O–H groups in total. The lowest BCUT2D eigenvalue weighted by Crippen LogP contribution is -2.35. The molecule has 1 aromatic carbocycles. The van der Waals surface area contributed by atoms with Gasteiger partial charge >= 0.3 is 5.63 Å². The summed E-state index contributed by atoms with van der Waals surface area (Å²) in [7, 11) is -0.686. The van der Waals surface area contributed by atoms with Gasteiger partial charge in [-0.2, -0.15) is 0 Å². The molecular formula is C17H19ClNO4S+. The monoisotopic (exact) mass is 368 g/mol. The largest absolute Gasteiger partial charge is 0.503 e. The Morgan fingerprint density at radius 1 is 1.38 bits per heavy atom. The van der Waals surface area contributed by atoms with Gasteiger partial charge in [-0.05, 0) is 31.9 Å². The number of amides is 1. The van der Waals surface area contributed by atoms with E-state index in [0.717, 1.165) is 25.9 Å². The molecular weight excluding hydrogens is 350 g/mol. The first-order valence-corrected chi connectivity index (χ1v) is 9.86. The number of rotatable bonds is 4. The molecule has 1 saturated heterocycles. The lowest BCUT2D eigenvalue weighted by molar-refractivity contribution is -0.127. The maximum absolute atomic E-state index is 12.4. The molecule has 2 aromatic rings. The van der Waals surface area contributed by atoms with Crippen molar-refractivity contribution >= 4 is 39.4 Å². The molecule has 5 nitrogen and oxygen atoms in total. The van der Waals surface area contributed by atoms with Crippen molar-refractivity contribution in [1.29, 1.82) is 0 Å². The number of aromatic hydroxyl groups is 1. The van der Waals surface area contributed by atoms with E-state index in [2.05, 4.69) is 0 Å². The number of carbonyl (C=O) groups excluding carboxylic acids is 1. The molecule has 1 unspecified atom stereocenters. The van der Waals surface area contributed by atoms with Gasteiger partial charge in [-0.1, -0.05) is 11.6 Å². The maximum atomic E-state index is 12.4. The van der Waals surface area contributed by atoms with Gasteiger partial charge in [0, 0.05) is 35.1 Å². The number of carbonyl (C=O) groups is 1. The molecule has 1 atom stereocenters. The van der Waals surface area contributed by atoms with Crippen LogP contribution in [0.25, 0.3) is 11.0 Å². The van der Waals surface area contributed by atoms with E-state index in [0.29, 0.717) is 16.2 Å². The second-order valence-corrected chi connectivity index (χ2v) is 8.42. The van der Waals surface area contributed by atoms with Crippen molar-refractivity contribution in [2.45, 2.75) is 24.7 Å². The minimum Gasteiger partial charge on any atom is -0.503 e. The van der Waals surface area contributed by atoms with Crippen LogP contribution < -0.4 is 5.63 Å². The zero-order chi connectivity index (χ0) is 17.3. The van der Waals surface area contributed by atoms with Crippen molar-refractivity contribution in [1.82, 2.24) is 4.90 Å². The topological polar surface area (TPSA) is 70.8 Å². The van der Waals surface area contributed by atoms with Gasteiger partial charge in [0.05, 0.1) is 5.39 Å². The second kappa shape index (κ2) is 7.07. The average Bonchev–Trinajstić information content (AvgIpc) is 3.07.